The molecular formula is C11H18N2O3S. The molecule has 1 aromatic carbocycles. The molecule has 0 unspecified atom stereocenters. The van der Waals surface area contributed by atoms with Crippen LogP contribution in [0.15, 0.2) is 29.2 Å². The van der Waals surface area contributed by atoms with Crippen LogP contribution >= 0.6 is 0 Å². The number of benzene rings is 1. The molecular weight excluding hydrogens is 240 g/mol. The summed E-state index contributed by atoms with van der Waals surface area (Å²) in [5, 5.41) is 0. The maximum absolute atomic E-state index is 12.0. The summed E-state index contributed by atoms with van der Waals surface area (Å²) in [5.74, 6) is 0. The van der Waals surface area contributed by atoms with Gasteiger partial charge in [0.15, 0.2) is 0 Å². The average Bonchev–Trinajstić information content (AvgIpc) is 2.34. The third kappa shape index (κ3) is 4.08. The molecule has 0 amide bonds. The van der Waals surface area contributed by atoms with E-state index < -0.39 is 10.0 Å². The van der Waals surface area contributed by atoms with Crippen molar-refractivity contribution in [2.45, 2.75) is 17.9 Å². The fourth-order valence-electron chi connectivity index (χ4n) is 1.44. The number of rotatable bonds is 7. The molecule has 0 aliphatic heterocycles. The van der Waals surface area contributed by atoms with Gasteiger partial charge in [0.1, 0.15) is 0 Å². The third-order valence-corrected chi connectivity index (χ3v) is 3.86. The molecule has 17 heavy (non-hydrogen) atoms. The summed E-state index contributed by atoms with van der Waals surface area (Å²) >= 11 is 0. The number of ether oxygens (including phenoxy) is 1. The zero-order valence-corrected chi connectivity index (χ0v) is 10.7. The molecule has 96 valence electrons. The van der Waals surface area contributed by atoms with Gasteiger partial charge < -0.3 is 10.5 Å². The van der Waals surface area contributed by atoms with Gasteiger partial charge in [-0.2, -0.15) is 0 Å². The van der Waals surface area contributed by atoms with Crippen LogP contribution in [-0.4, -0.2) is 28.7 Å². The summed E-state index contributed by atoms with van der Waals surface area (Å²) in [7, 11) is -1.89. The maximum Gasteiger partial charge on any atom is 0.240 e. The Balaban J connectivity index is 2.75. The highest BCUT2D eigenvalue weighted by atomic mass is 32.2. The second kappa shape index (κ2) is 6.70. The molecule has 0 atom stereocenters. The molecule has 0 radical (unpaired) electrons. The van der Waals surface area contributed by atoms with Crippen molar-refractivity contribution in [1.82, 2.24) is 4.72 Å². The van der Waals surface area contributed by atoms with Gasteiger partial charge in [-0.05, 0) is 18.1 Å². The van der Waals surface area contributed by atoms with Gasteiger partial charge in [-0.1, -0.05) is 18.2 Å². The third-order valence-electron chi connectivity index (χ3n) is 2.30. The minimum atomic E-state index is -3.47. The van der Waals surface area contributed by atoms with Crippen molar-refractivity contribution in [2.24, 2.45) is 5.73 Å². The van der Waals surface area contributed by atoms with Crippen molar-refractivity contribution in [3.8, 4) is 0 Å². The zero-order valence-electron chi connectivity index (χ0n) is 9.85. The van der Waals surface area contributed by atoms with Crippen molar-refractivity contribution in [1.29, 1.82) is 0 Å². The van der Waals surface area contributed by atoms with Crippen molar-refractivity contribution in [3.63, 3.8) is 0 Å². The van der Waals surface area contributed by atoms with Gasteiger partial charge in [-0.3, -0.25) is 0 Å². The smallest absolute Gasteiger partial charge is 0.240 e. The number of sulfonamides is 1. The molecule has 1 rings (SSSR count). The number of nitrogens with two attached hydrogens (primary N) is 1. The Morgan fingerprint density at radius 3 is 2.71 bits per heavy atom. The summed E-state index contributed by atoms with van der Waals surface area (Å²) < 4.78 is 31.3. The van der Waals surface area contributed by atoms with Gasteiger partial charge in [-0.25, -0.2) is 13.1 Å². The van der Waals surface area contributed by atoms with Crippen LogP contribution in [-0.2, 0) is 21.3 Å². The predicted octanol–water partition coefficient (Wildman–Crippen LogP) is 0.460. The molecule has 0 spiro atoms. The fraction of sp³-hybridized carbons (Fsp3) is 0.455. The SMILES string of the molecule is COCCCNS(=O)(=O)c1ccccc1CN. The fourth-order valence-corrected chi connectivity index (χ4v) is 2.76. The molecule has 0 heterocycles. The summed E-state index contributed by atoms with van der Waals surface area (Å²) in [6, 6.07) is 6.72. The van der Waals surface area contributed by atoms with Crippen molar-refractivity contribution in [2.75, 3.05) is 20.3 Å². The zero-order chi connectivity index (χ0) is 12.7. The Morgan fingerprint density at radius 2 is 2.06 bits per heavy atom. The molecule has 3 N–H and O–H groups in total. The van der Waals surface area contributed by atoms with E-state index in [2.05, 4.69) is 4.72 Å². The van der Waals surface area contributed by atoms with Crippen LogP contribution in [0, 0.1) is 0 Å². The highest BCUT2D eigenvalue weighted by Crippen LogP contribution is 2.14. The lowest BCUT2D eigenvalue weighted by molar-refractivity contribution is 0.196. The molecule has 0 aliphatic carbocycles. The Morgan fingerprint density at radius 1 is 1.35 bits per heavy atom. The first-order chi connectivity index (χ1) is 8.11. The van der Waals surface area contributed by atoms with Crippen molar-refractivity contribution >= 4 is 10.0 Å². The van der Waals surface area contributed by atoms with E-state index in [0.717, 1.165) is 0 Å². The lowest BCUT2D eigenvalue weighted by atomic mass is 10.2. The van der Waals surface area contributed by atoms with E-state index in [9.17, 15) is 8.42 Å². The second-order valence-corrected chi connectivity index (χ2v) is 5.29. The molecule has 6 heteroatoms. The number of nitrogens with one attached hydrogen (secondary N) is 1. The summed E-state index contributed by atoms with van der Waals surface area (Å²) in [4.78, 5) is 0.250. The first-order valence-corrected chi connectivity index (χ1v) is 6.86. The van der Waals surface area contributed by atoms with E-state index in [4.69, 9.17) is 10.5 Å². The van der Waals surface area contributed by atoms with E-state index in [1.165, 1.54) is 0 Å². The lowest BCUT2D eigenvalue weighted by Crippen LogP contribution is -2.26. The van der Waals surface area contributed by atoms with E-state index in [-0.39, 0.29) is 11.4 Å². The standard InChI is InChI=1S/C11H18N2O3S/c1-16-8-4-7-13-17(14,15)11-6-3-2-5-10(11)9-12/h2-3,5-6,13H,4,7-9,12H2,1H3. The molecule has 0 fully saturated rings. The quantitative estimate of drug-likeness (QED) is 0.696. The van der Waals surface area contributed by atoms with Crippen molar-refractivity contribution < 1.29 is 13.2 Å². The van der Waals surface area contributed by atoms with Crippen LogP contribution in [0.2, 0.25) is 0 Å². The molecule has 1 aromatic rings. The number of methoxy groups -OCH3 is 1. The molecule has 0 saturated carbocycles. The van der Waals surface area contributed by atoms with Gasteiger partial charge in [0, 0.05) is 26.8 Å². The summed E-state index contributed by atoms with van der Waals surface area (Å²) in [5.41, 5.74) is 6.13. The van der Waals surface area contributed by atoms with Crippen LogP contribution in [0.3, 0.4) is 0 Å². The number of hydrogen-bond acceptors (Lipinski definition) is 4. The maximum atomic E-state index is 12.0. The largest absolute Gasteiger partial charge is 0.385 e. The molecule has 0 saturated heterocycles. The first kappa shape index (κ1) is 14.1. The Kier molecular flexibility index (Phi) is 5.57. The van der Waals surface area contributed by atoms with Gasteiger partial charge in [-0.15, -0.1) is 0 Å². The van der Waals surface area contributed by atoms with Crippen molar-refractivity contribution in [3.05, 3.63) is 29.8 Å². The van der Waals surface area contributed by atoms with E-state index in [0.29, 0.717) is 25.1 Å². The van der Waals surface area contributed by atoms with Crippen LogP contribution in [0.1, 0.15) is 12.0 Å². The Bertz CT molecular complexity index is 446. The topological polar surface area (TPSA) is 81.4 Å². The van der Waals surface area contributed by atoms with Crippen LogP contribution in [0.4, 0.5) is 0 Å². The number of hydrogen-bond donors (Lipinski definition) is 2. The monoisotopic (exact) mass is 258 g/mol. The average molecular weight is 258 g/mol. The highest BCUT2D eigenvalue weighted by molar-refractivity contribution is 7.89. The van der Waals surface area contributed by atoms with Crippen LogP contribution in [0.5, 0.6) is 0 Å². The molecule has 5 nitrogen and oxygen atoms in total. The summed E-state index contributed by atoms with van der Waals surface area (Å²) in [6.07, 6.45) is 0.639. The molecule has 0 aliphatic rings. The minimum absolute atomic E-state index is 0.204. The summed E-state index contributed by atoms with van der Waals surface area (Å²) in [6.45, 7) is 1.09. The lowest BCUT2D eigenvalue weighted by Gasteiger charge is -2.09. The second-order valence-electron chi connectivity index (χ2n) is 3.56. The molecule has 0 aromatic heterocycles. The predicted molar refractivity (Wildman–Crippen MR) is 66.0 cm³/mol. The Hall–Kier alpha value is -0.950. The van der Waals surface area contributed by atoms with Crippen LogP contribution < -0.4 is 10.5 Å². The van der Waals surface area contributed by atoms with Gasteiger partial charge in [0.2, 0.25) is 10.0 Å². The molecule has 0 bridgehead atoms. The minimum Gasteiger partial charge on any atom is -0.385 e. The Labute approximate surface area is 102 Å². The highest BCUT2D eigenvalue weighted by Gasteiger charge is 2.16. The van der Waals surface area contributed by atoms with Crippen LogP contribution in [0.25, 0.3) is 0 Å². The van der Waals surface area contributed by atoms with E-state index >= 15 is 0 Å². The first-order valence-electron chi connectivity index (χ1n) is 5.38. The normalized spacial score (nSPS) is 11.6. The van der Waals surface area contributed by atoms with E-state index in [1.54, 1.807) is 31.4 Å². The van der Waals surface area contributed by atoms with Gasteiger partial charge >= 0.3 is 0 Å². The van der Waals surface area contributed by atoms with E-state index in [1.807, 2.05) is 0 Å². The van der Waals surface area contributed by atoms with Gasteiger partial charge in [0.25, 0.3) is 0 Å². The van der Waals surface area contributed by atoms with Gasteiger partial charge in [0.05, 0.1) is 4.90 Å².